The summed E-state index contributed by atoms with van der Waals surface area (Å²) < 4.78 is 18.5. The summed E-state index contributed by atoms with van der Waals surface area (Å²) in [5, 5.41) is 9.70. The third kappa shape index (κ3) is 3.41. The van der Waals surface area contributed by atoms with E-state index < -0.39 is 5.82 Å². The first-order valence-electron chi connectivity index (χ1n) is 6.06. The molecule has 3 nitrogen and oxygen atoms in total. The highest BCUT2D eigenvalue weighted by atomic mass is 35.5. The summed E-state index contributed by atoms with van der Waals surface area (Å²) in [5.74, 6) is -0.726. The third-order valence-electron chi connectivity index (χ3n) is 2.87. The largest absolute Gasteiger partial charge is 0.504 e. The fraction of sp³-hybridized carbons (Fsp3) is 0.0625. The Labute approximate surface area is 126 Å². The number of benzene rings is 2. The highest BCUT2D eigenvalue weighted by Crippen LogP contribution is 2.27. The Hall–Kier alpha value is -2.33. The Morgan fingerprint density at radius 2 is 2.10 bits per heavy atom. The van der Waals surface area contributed by atoms with Gasteiger partial charge in [0.2, 0.25) is 0 Å². The van der Waals surface area contributed by atoms with Crippen molar-refractivity contribution in [1.82, 2.24) is 0 Å². The quantitative estimate of drug-likeness (QED) is 0.683. The molecule has 2 aromatic rings. The zero-order chi connectivity index (χ0) is 15.4. The zero-order valence-corrected chi connectivity index (χ0v) is 11.9. The minimum Gasteiger partial charge on any atom is -0.504 e. The number of carbonyl (C=O) groups excluding carboxylic acids is 1. The molecule has 0 aliphatic carbocycles. The van der Waals surface area contributed by atoms with Crippen LogP contribution in [0, 0.1) is 5.82 Å². The van der Waals surface area contributed by atoms with Crippen LogP contribution in [-0.4, -0.2) is 18.0 Å². The lowest BCUT2D eigenvalue weighted by Crippen LogP contribution is -1.96. The fourth-order valence-corrected chi connectivity index (χ4v) is 1.98. The first-order valence-corrected chi connectivity index (χ1v) is 6.44. The average molecular weight is 307 g/mol. The van der Waals surface area contributed by atoms with Gasteiger partial charge in [-0.15, -0.1) is 0 Å². The Bertz CT molecular complexity index is 690. The van der Waals surface area contributed by atoms with Crippen LogP contribution in [0.1, 0.15) is 15.9 Å². The van der Waals surface area contributed by atoms with E-state index in [1.165, 1.54) is 49.6 Å². The average Bonchev–Trinajstić information content (AvgIpc) is 2.47. The van der Waals surface area contributed by atoms with Crippen molar-refractivity contribution in [2.75, 3.05) is 7.11 Å². The summed E-state index contributed by atoms with van der Waals surface area (Å²) in [6, 6.07) is 8.51. The van der Waals surface area contributed by atoms with E-state index in [-0.39, 0.29) is 27.9 Å². The zero-order valence-electron chi connectivity index (χ0n) is 11.1. The molecule has 0 atom stereocenters. The van der Waals surface area contributed by atoms with E-state index in [0.29, 0.717) is 5.56 Å². The van der Waals surface area contributed by atoms with E-state index in [9.17, 15) is 14.3 Å². The van der Waals surface area contributed by atoms with E-state index in [1.807, 2.05) is 0 Å². The number of phenolic OH excluding ortho intramolecular Hbond substituents is 1. The lowest BCUT2D eigenvalue weighted by Gasteiger charge is -2.04. The second-order valence-electron chi connectivity index (χ2n) is 4.22. The van der Waals surface area contributed by atoms with Crippen molar-refractivity contribution in [3.63, 3.8) is 0 Å². The molecule has 0 saturated heterocycles. The maximum Gasteiger partial charge on any atom is 0.185 e. The number of halogens is 2. The van der Waals surface area contributed by atoms with Crippen molar-refractivity contribution in [2.45, 2.75) is 0 Å². The van der Waals surface area contributed by atoms with Crippen LogP contribution in [0.5, 0.6) is 11.5 Å². The van der Waals surface area contributed by atoms with Crippen molar-refractivity contribution < 1.29 is 19.0 Å². The summed E-state index contributed by atoms with van der Waals surface area (Å²) in [5.41, 5.74) is 0.464. The molecule has 0 unspecified atom stereocenters. The normalized spacial score (nSPS) is 10.8. The summed E-state index contributed by atoms with van der Waals surface area (Å²) in [6.45, 7) is 0. The number of ketones is 1. The van der Waals surface area contributed by atoms with Crippen molar-refractivity contribution in [3.8, 4) is 11.5 Å². The summed E-state index contributed by atoms with van der Waals surface area (Å²) in [7, 11) is 1.39. The van der Waals surface area contributed by atoms with Crippen LogP contribution in [-0.2, 0) is 0 Å². The Morgan fingerprint density at radius 3 is 2.76 bits per heavy atom. The molecule has 0 radical (unpaired) electrons. The van der Waals surface area contributed by atoms with Crippen molar-refractivity contribution in [3.05, 3.63) is 64.4 Å². The number of hydrogen-bond acceptors (Lipinski definition) is 3. The molecule has 2 rings (SSSR count). The number of ether oxygens (including phenoxy) is 1. The van der Waals surface area contributed by atoms with Gasteiger partial charge in [-0.25, -0.2) is 4.39 Å². The van der Waals surface area contributed by atoms with Gasteiger partial charge in [-0.3, -0.25) is 4.79 Å². The van der Waals surface area contributed by atoms with E-state index in [2.05, 4.69) is 0 Å². The first-order chi connectivity index (χ1) is 10.0. The molecule has 1 N–H and O–H groups in total. The van der Waals surface area contributed by atoms with Crippen LogP contribution < -0.4 is 4.74 Å². The van der Waals surface area contributed by atoms with Crippen LogP contribution in [0.2, 0.25) is 5.02 Å². The molecule has 0 saturated carbocycles. The molecule has 0 aliphatic rings. The summed E-state index contributed by atoms with van der Waals surface area (Å²) >= 11 is 5.87. The fourth-order valence-electron chi connectivity index (χ4n) is 1.76. The van der Waals surface area contributed by atoms with Gasteiger partial charge >= 0.3 is 0 Å². The van der Waals surface area contributed by atoms with Crippen molar-refractivity contribution in [1.29, 1.82) is 0 Å². The number of phenols is 1. The number of rotatable bonds is 4. The second kappa shape index (κ2) is 6.41. The molecule has 0 heterocycles. The molecule has 0 fully saturated rings. The van der Waals surface area contributed by atoms with Crippen molar-refractivity contribution >= 4 is 23.5 Å². The highest BCUT2D eigenvalue weighted by molar-refractivity contribution is 6.32. The predicted octanol–water partition coefficient (Wildman–Crippen LogP) is 4.09. The molecule has 108 valence electrons. The Balaban J connectivity index is 2.27. The van der Waals surface area contributed by atoms with Crippen LogP contribution in [0.3, 0.4) is 0 Å². The number of carbonyl (C=O) groups is 1. The molecular weight excluding hydrogens is 295 g/mol. The van der Waals surface area contributed by atoms with Gasteiger partial charge in [0.05, 0.1) is 12.1 Å². The lowest BCUT2D eigenvalue weighted by molar-refractivity contribution is 0.104. The molecule has 5 heteroatoms. The first kappa shape index (κ1) is 15.1. The second-order valence-corrected chi connectivity index (χ2v) is 4.63. The van der Waals surface area contributed by atoms with Gasteiger partial charge in [0.25, 0.3) is 0 Å². The molecule has 2 aromatic carbocycles. The van der Waals surface area contributed by atoms with E-state index in [0.717, 1.165) is 0 Å². The maximum absolute atomic E-state index is 13.6. The van der Waals surface area contributed by atoms with Gasteiger partial charge in [0, 0.05) is 11.1 Å². The predicted molar refractivity (Wildman–Crippen MR) is 79.4 cm³/mol. The molecule has 0 aliphatic heterocycles. The van der Waals surface area contributed by atoms with Gasteiger partial charge in [0.1, 0.15) is 5.82 Å². The smallest absolute Gasteiger partial charge is 0.185 e. The van der Waals surface area contributed by atoms with Crippen LogP contribution in [0.15, 0.2) is 42.5 Å². The standard InChI is InChI=1S/C16H12ClFO3/c1-21-16-9-10(5-7-15(16)20)14(19)8-6-11-12(17)3-2-4-13(11)18/h2-9,20H,1H3/b8-6+. The molecule has 0 bridgehead atoms. The van der Waals surface area contributed by atoms with E-state index in [4.69, 9.17) is 16.3 Å². The lowest BCUT2D eigenvalue weighted by atomic mass is 10.1. The Kier molecular flexibility index (Phi) is 4.60. The number of hydrogen-bond donors (Lipinski definition) is 1. The van der Waals surface area contributed by atoms with E-state index in [1.54, 1.807) is 6.07 Å². The monoisotopic (exact) mass is 306 g/mol. The summed E-state index contributed by atoms with van der Waals surface area (Å²) in [6.07, 6.45) is 2.54. The molecule has 0 aromatic heterocycles. The molecular formula is C16H12ClFO3. The van der Waals surface area contributed by atoms with Gasteiger partial charge in [-0.1, -0.05) is 17.7 Å². The van der Waals surface area contributed by atoms with Crippen LogP contribution >= 0.6 is 11.6 Å². The van der Waals surface area contributed by atoms with E-state index >= 15 is 0 Å². The third-order valence-corrected chi connectivity index (χ3v) is 3.19. The van der Waals surface area contributed by atoms with Gasteiger partial charge in [-0.05, 0) is 42.5 Å². The number of allylic oxidation sites excluding steroid dienone is 1. The minimum absolute atomic E-state index is 0.0600. The van der Waals surface area contributed by atoms with Crippen LogP contribution in [0.4, 0.5) is 4.39 Å². The Morgan fingerprint density at radius 1 is 1.33 bits per heavy atom. The maximum atomic E-state index is 13.6. The van der Waals surface area contributed by atoms with Crippen molar-refractivity contribution in [2.24, 2.45) is 0 Å². The number of methoxy groups -OCH3 is 1. The number of aromatic hydroxyl groups is 1. The minimum atomic E-state index is -0.505. The topological polar surface area (TPSA) is 46.5 Å². The van der Waals surface area contributed by atoms with Gasteiger partial charge in [0.15, 0.2) is 17.3 Å². The van der Waals surface area contributed by atoms with Crippen LogP contribution in [0.25, 0.3) is 6.08 Å². The SMILES string of the molecule is COc1cc(C(=O)/C=C/c2c(F)cccc2Cl)ccc1O. The molecule has 21 heavy (non-hydrogen) atoms. The van der Waals surface area contributed by atoms with Gasteiger partial charge in [-0.2, -0.15) is 0 Å². The summed E-state index contributed by atoms with van der Waals surface area (Å²) in [4.78, 5) is 12.0. The van der Waals surface area contributed by atoms with Gasteiger partial charge < -0.3 is 9.84 Å². The molecule has 0 spiro atoms. The molecule has 0 amide bonds. The highest BCUT2D eigenvalue weighted by Gasteiger charge is 2.08.